The number of fused-ring (bicyclic) bond motifs is 2. The van der Waals surface area contributed by atoms with Gasteiger partial charge < -0.3 is 20.1 Å². The molecule has 0 aliphatic carbocycles. The van der Waals surface area contributed by atoms with E-state index in [1.807, 2.05) is 18.2 Å². The summed E-state index contributed by atoms with van der Waals surface area (Å²) in [6.07, 6.45) is 1.81. The number of ether oxygens (including phenoxy) is 2. The molecule has 33 heavy (non-hydrogen) atoms. The summed E-state index contributed by atoms with van der Waals surface area (Å²) >= 11 is 0. The number of hydrogen-bond donors (Lipinski definition) is 2. The Labute approximate surface area is 192 Å². The van der Waals surface area contributed by atoms with Gasteiger partial charge in [0, 0.05) is 37.7 Å². The third-order valence-corrected chi connectivity index (χ3v) is 8.23. The van der Waals surface area contributed by atoms with Gasteiger partial charge >= 0.3 is 0 Å². The first-order valence-electron chi connectivity index (χ1n) is 11.0. The SMILES string of the molecule is O=C1CCc2cc(S(=O)(=O)N3CCC(C(=O)NCc4ccc5c(c4)OCO5)CC3)ccc2N1. The lowest BCUT2D eigenvalue weighted by molar-refractivity contribution is -0.126. The second-order valence-electron chi connectivity index (χ2n) is 8.45. The maximum atomic E-state index is 13.1. The van der Waals surface area contributed by atoms with Crippen LogP contribution in [0.3, 0.4) is 0 Å². The van der Waals surface area contributed by atoms with Crippen LogP contribution < -0.4 is 20.1 Å². The molecule has 3 heterocycles. The standard InChI is InChI=1S/C23H25N3O6S/c27-22-6-2-17-12-18(3-4-19(17)25-22)33(29,30)26-9-7-16(8-10-26)23(28)24-13-15-1-5-20-21(11-15)32-14-31-20/h1,3-5,11-12,16H,2,6-10,13-14H2,(H,24,28)(H,25,27). The van der Waals surface area contributed by atoms with Crippen LogP contribution in [0.1, 0.15) is 30.4 Å². The summed E-state index contributed by atoms with van der Waals surface area (Å²) in [5.41, 5.74) is 2.41. The first-order chi connectivity index (χ1) is 15.9. The van der Waals surface area contributed by atoms with Crippen molar-refractivity contribution < 1.29 is 27.5 Å². The van der Waals surface area contributed by atoms with Crippen molar-refractivity contribution >= 4 is 27.5 Å². The molecule has 3 aliphatic heterocycles. The van der Waals surface area contributed by atoms with Crippen molar-refractivity contribution in [1.29, 1.82) is 0 Å². The Morgan fingerprint density at radius 1 is 1.06 bits per heavy atom. The quantitative estimate of drug-likeness (QED) is 0.690. The molecule has 3 aliphatic rings. The number of benzene rings is 2. The minimum atomic E-state index is -3.66. The molecule has 0 spiro atoms. The van der Waals surface area contributed by atoms with Gasteiger partial charge in [0.05, 0.1) is 4.90 Å². The van der Waals surface area contributed by atoms with Crippen LogP contribution in [0.5, 0.6) is 11.5 Å². The first-order valence-corrected chi connectivity index (χ1v) is 12.4. The van der Waals surface area contributed by atoms with Crippen LogP contribution in [0.15, 0.2) is 41.3 Å². The van der Waals surface area contributed by atoms with Crippen molar-refractivity contribution in [2.75, 3.05) is 25.2 Å². The largest absolute Gasteiger partial charge is 0.454 e. The van der Waals surface area contributed by atoms with Gasteiger partial charge in [-0.1, -0.05) is 6.07 Å². The molecule has 0 saturated carbocycles. The molecule has 5 rings (SSSR count). The summed E-state index contributed by atoms with van der Waals surface area (Å²) < 4.78 is 38.4. The zero-order chi connectivity index (χ0) is 23.0. The fourth-order valence-electron chi connectivity index (χ4n) is 4.41. The molecular weight excluding hydrogens is 446 g/mol. The fourth-order valence-corrected chi connectivity index (χ4v) is 5.93. The van der Waals surface area contributed by atoms with Crippen molar-refractivity contribution in [3.63, 3.8) is 0 Å². The van der Waals surface area contributed by atoms with Crippen molar-refractivity contribution in [3.05, 3.63) is 47.5 Å². The summed E-state index contributed by atoms with van der Waals surface area (Å²) in [5.74, 6) is 1.00. The number of carbonyl (C=O) groups is 2. The fraction of sp³-hybridized carbons (Fsp3) is 0.391. The molecule has 1 saturated heterocycles. The number of carbonyl (C=O) groups excluding carboxylic acids is 2. The van der Waals surface area contributed by atoms with E-state index in [1.165, 1.54) is 10.4 Å². The third kappa shape index (κ3) is 4.40. The van der Waals surface area contributed by atoms with E-state index in [0.717, 1.165) is 11.1 Å². The van der Waals surface area contributed by atoms with Gasteiger partial charge in [0.25, 0.3) is 0 Å². The molecule has 2 aromatic rings. The molecule has 2 N–H and O–H groups in total. The van der Waals surface area contributed by atoms with Gasteiger partial charge in [-0.3, -0.25) is 9.59 Å². The Morgan fingerprint density at radius 2 is 1.85 bits per heavy atom. The van der Waals surface area contributed by atoms with Crippen LogP contribution in [0.4, 0.5) is 5.69 Å². The zero-order valence-corrected chi connectivity index (χ0v) is 18.8. The maximum absolute atomic E-state index is 13.1. The topological polar surface area (TPSA) is 114 Å². The lowest BCUT2D eigenvalue weighted by Crippen LogP contribution is -2.42. The van der Waals surface area contributed by atoms with E-state index in [1.54, 1.807) is 12.1 Å². The number of aryl methyl sites for hydroxylation is 1. The van der Waals surface area contributed by atoms with E-state index < -0.39 is 10.0 Å². The molecule has 2 amide bonds. The van der Waals surface area contributed by atoms with Crippen LogP contribution in [0.25, 0.3) is 0 Å². The number of nitrogens with zero attached hydrogens (tertiary/aromatic N) is 1. The first kappa shape index (κ1) is 21.7. The highest BCUT2D eigenvalue weighted by atomic mass is 32.2. The van der Waals surface area contributed by atoms with Gasteiger partial charge in [-0.15, -0.1) is 0 Å². The van der Waals surface area contributed by atoms with E-state index >= 15 is 0 Å². The highest BCUT2D eigenvalue weighted by Gasteiger charge is 2.32. The summed E-state index contributed by atoms with van der Waals surface area (Å²) in [4.78, 5) is 24.4. The Bertz CT molecular complexity index is 1200. The number of amides is 2. The molecule has 0 radical (unpaired) electrons. The average molecular weight is 472 g/mol. The molecule has 10 heteroatoms. The number of sulfonamides is 1. The Hall–Kier alpha value is -3.11. The van der Waals surface area contributed by atoms with E-state index in [9.17, 15) is 18.0 Å². The van der Waals surface area contributed by atoms with Crippen LogP contribution in [-0.4, -0.2) is 44.4 Å². The number of rotatable bonds is 5. The Balaban J connectivity index is 1.17. The smallest absolute Gasteiger partial charge is 0.243 e. The molecule has 0 aromatic heterocycles. The highest BCUT2D eigenvalue weighted by Crippen LogP contribution is 2.33. The normalized spacial score (nSPS) is 18.5. The third-order valence-electron chi connectivity index (χ3n) is 6.34. The van der Waals surface area contributed by atoms with Crippen LogP contribution in [0.2, 0.25) is 0 Å². The molecule has 0 unspecified atom stereocenters. The summed E-state index contributed by atoms with van der Waals surface area (Å²) in [5, 5.41) is 5.71. The number of piperidine rings is 1. The molecule has 0 bridgehead atoms. The molecule has 174 valence electrons. The van der Waals surface area contributed by atoms with Gasteiger partial charge in [-0.05, 0) is 60.7 Å². The molecule has 1 fully saturated rings. The summed E-state index contributed by atoms with van der Waals surface area (Å²) in [6.45, 7) is 1.16. The number of nitrogens with one attached hydrogen (secondary N) is 2. The minimum Gasteiger partial charge on any atom is -0.454 e. The second-order valence-corrected chi connectivity index (χ2v) is 10.4. The second kappa shape index (κ2) is 8.68. The Kier molecular flexibility index (Phi) is 5.71. The maximum Gasteiger partial charge on any atom is 0.243 e. The van der Waals surface area contributed by atoms with E-state index in [4.69, 9.17) is 9.47 Å². The van der Waals surface area contributed by atoms with Gasteiger partial charge in [-0.2, -0.15) is 4.31 Å². The monoisotopic (exact) mass is 471 g/mol. The van der Waals surface area contributed by atoms with Crippen molar-refractivity contribution in [1.82, 2.24) is 9.62 Å². The van der Waals surface area contributed by atoms with E-state index in [-0.39, 0.29) is 42.5 Å². The van der Waals surface area contributed by atoms with Gasteiger partial charge in [0.15, 0.2) is 11.5 Å². The number of hydrogen-bond acceptors (Lipinski definition) is 6. The van der Waals surface area contributed by atoms with E-state index in [0.29, 0.717) is 49.4 Å². The highest BCUT2D eigenvalue weighted by molar-refractivity contribution is 7.89. The molecule has 9 nitrogen and oxygen atoms in total. The van der Waals surface area contributed by atoms with Crippen molar-refractivity contribution in [2.24, 2.45) is 5.92 Å². The van der Waals surface area contributed by atoms with Gasteiger partial charge in [0.2, 0.25) is 28.6 Å². The van der Waals surface area contributed by atoms with E-state index in [2.05, 4.69) is 10.6 Å². The van der Waals surface area contributed by atoms with Crippen LogP contribution in [0, 0.1) is 5.92 Å². The van der Waals surface area contributed by atoms with Gasteiger partial charge in [0.1, 0.15) is 0 Å². The number of anilines is 1. The lowest BCUT2D eigenvalue weighted by atomic mass is 9.97. The predicted octanol–water partition coefficient (Wildman–Crippen LogP) is 2.02. The zero-order valence-electron chi connectivity index (χ0n) is 18.0. The molecule has 0 atom stereocenters. The summed E-state index contributed by atoms with van der Waals surface area (Å²) in [6, 6.07) is 10.4. The predicted molar refractivity (Wildman–Crippen MR) is 119 cm³/mol. The summed E-state index contributed by atoms with van der Waals surface area (Å²) in [7, 11) is -3.66. The Morgan fingerprint density at radius 3 is 2.67 bits per heavy atom. The lowest BCUT2D eigenvalue weighted by Gasteiger charge is -2.31. The molecule has 2 aromatic carbocycles. The van der Waals surface area contributed by atoms with Crippen molar-refractivity contribution in [3.8, 4) is 11.5 Å². The van der Waals surface area contributed by atoms with Gasteiger partial charge in [-0.25, -0.2) is 8.42 Å². The molecular formula is C23H25N3O6S. The average Bonchev–Trinajstić information content (AvgIpc) is 3.30. The van der Waals surface area contributed by atoms with Crippen LogP contribution in [-0.2, 0) is 32.6 Å². The minimum absolute atomic E-state index is 0.0584. The van der Waals surface area contributed by atoms with Crippen LogP contribution >= 0.6 is 0 Å². The van der Waals surface area contributed by atoms with Crippen molar-refractivity contribution in [2.45, 2.75) is 37.1 Å².